The third-order valence-corrected chi connectivity index (χ3v) is 2.64. The lowest BCUT2D eigenvalue weighted by atomic mass is 10.0. The van der Waals surface area contributed by atoms with E-state index >= 15 is 0 Å². The molecule has 3 N–H and O–H groups in total. The lowest BCUT2D eigenvalue weighted by molar-refractivity contribution is -0.150. The summed E-state index contributed by atoms with van der Waals surface area (Å²) in [6.07, 6.45) is -0.977. The number of ether oxygens (including phenoxy) is 1. The summed E-state index contributed by atoms with van der Waals surface area (Å²) in [4.78, 5) is 33.1. The van der Waals surface area contributed by atoms with E-state index in [-0.39, 0.29) is 6.61 Å². The Morgan fingerprint density at radius 3 is 2.25 bits per heavy atom. The molecule has 0 aliphatic rings. The Bertz CT molecular complexity index is 487. The first-order valence-corrected chi connectivity index (χ1v) is 5.84. The number of rotatable bonds is 6. The number of hydrogen-bond acceptors (Lipinski definition) is 4. The summed E-state index contributed by atoms with van der Waals surface area (Å²) in [6.45, 7) is 1.17. The van der Waals surface area contributed by atoms with Crippen LogP contribution >= 0.6 is 0 Å². The fourth-order valence-corrected chi connectivity index (χ4v) is 1.43. The molecule has 1 rings (SSSR count). The number of benzene rings is 1. The van der Waals surface area contributed by atoms with E-state index in [4.69, 9.17) is 14.9 Å². The summed E-state index contributed by atoms with van der Waals surface area (Å²) < 4.78 is 4.83. The maximum atomic E-state index is 11.5. The van der Waals surface area contributed by atoms with Crippen LogP contribution in [0, 0.1) is 5.92 Å². The van der Waals surface area contributed by atoms with Crippen LogP contribution in [0.5, 0.6) is 0 Å². The highest BCUT2D eigenvalue weighted by atomic mass is 16.5. The maximum Gasteiger partial charge on any atom is 0.408 e. The van der Waals surface area contributed by atoms with Gasteiger partial charge in [0.1, 0.15) is 12.6 Å². The van der Waals surface area contributed by atoms with Crippen molar-refractivity contribution in [2.24, 2.45) is 5.92 Å². The Morgan fingerprint density at radius 2 is 1.75 bits per heavy atom. The molecule has 0 aromatic heterocycles. The molecule has 0 aliphatic carbocycles. The van der Waals surface area contributed by atoms with E-state index in [9.17, 15) is 14.4 Å². The van der Waals surface area contributed by atoms with Gasteiger partial charge in [0.05, 0.1) is 5.92 Å². The Balaban J connectivity index is 2.54. The van der Waals surface area contributed by atoms with Crippen LogP contribution in [0.2, 0.25) is 0 Å². The number of carboxylic acids is 2. The molecule has 1 amide bonds. The molecule has 0 saturated heterocycles. The van der Waals surface area contributed by atoms with Gasteiger partial charge >= 0.3 is 18.0 Å². The van der Waals surface area contributed by atoms with Gasteiger partial charge in [-0.15, -0.1) is 0 Å². The Labute approximate surface area is 115 Å². The van der Waals surface area contributed by atoms with Crippen molar-refractivity contribution >= 4 is 18.0 Å². The number of aliphatic carboxylic acids is 2. The van der Waals surface area contributed by atoms with Gasteiger partial charge in [0.15, 0.2) is 0 Å². The van der Waals surface area contributed by atoms with E-state index in [2.05, 4.69) is 0 Å². The van der Waals surface area contributed by atoms with Crippen molar-refractivity contribution in [1.82, 2.24) is 5.32 Å². The average molecular weight is 281 g/mol. The number of amides is 1. The smallest absolute Gasteiger partial charge is 0.408 e. The minimum Gasteiger partial charge on any atom is -0.481 e. The number of carbonyl (C=O) groups is 3. The van der Waals surface area contributed by atoms with Crippen molar-refractivity contribution in [2.45, 2.75) is 19.6 Å². The molecule has 0 bridgehead atoms. The van der Waals surface area contributed by atoms with Gasteiger partial charge in [-0.3, -0.25) is 4.79 Å². The maximum absolute atomic E-state index is 11.5. The molecule has 108 valence electrons. The molecular weight excluding hydrogens is 266 g/mol. The van der Waals surface area contributed by atoms with Gasteiger partial charge in [-0.2, -0.15) is 0 Å². The molecule has 1 unspecified atom stereocenters. The molecule has 0 heterocycles. The predicted octanol–water partition coefficient (Wildman–Crippen LogP) is 1.09. The van der Waals surface area contributed by atoms with Crippen LogP contribution in [0.15, 0.2) is 30.3 Å². The van der Waals surface area contributed by atoms with Gasteiger partial charge in [-0.1, -0.05) is 30.3 Å². The van der Waals surface area contributed by atoms with Crippen molar-refractivity contribution in [1.29, 1.82) is 0 Å². The molecule has 0 saturated carbocycles. The zero-order chi connectivity index (χ0) is 15.1. The highest BCUT2D eigenvalue weighted by molar-refractivity contribution is 5.85. The van der Waals surface area contributed by atoms with E-state index in [1.54, 1.807) is 30.3 Å². The van der Waals surface area contributed by atoms with Crippen molar-refractivity contribution in [3.8, 4) is 0 Å². The summed E-state index contributed by atoms with van der Waals surface area (Å²) >= 11 is 0. The van der Waals surface area contributed by atoms with E-state index in [1.165, 1.54) is 6.92 Å². The normalized spacial score (nSPS) is 13.1. The number of nitrogens with one attached hydrogen (secondary N) is 1. The quantitative estimate of drug-likeness (QED) is 0.719. The molecule has 0 aliphatic heterocycles. The topological polar surface area (TPSA) is 113 Å². The third kappa shape index (κ3) is 4.60. The second-order valence-corrected chi connectivity index (χ2v) is 4.15. The molecule has 1 aromatic rings. The summed E-state index contributed by atoms with van der Waals surface area (Å²) in [5, 5.41) is 19.7. The zero-order valence-corrected chi connectivity index (χ0v) is 10.8. The third-order valence-electron chi connectivity index (χ3n) is 2.64. The van der Waals surface area contributed by atoms with Crippen molar-refractivity contribution in [3.05, 3.63) is 35.9 Å². The Morgan fingerprint density at radius 1 is 1.15 bits per heavy atom. The summed E-state index contributed by atoms with van der Waals surface area (Å²) in [7, 11) is 0. The van der Waals surface area contributed by atoms with Gasteiger partial charge < -0.3 is 20.3 Å². The van der Waals surface area contributed by atoms with Crippen LogP contribution in [0.1, 0.15) is 12.5 Å². The van der Waals surface area contributed by atoms with Crippen molar-refractivity contribution in [3.63, 3.8) is 0 Å². The highest BCUT2D eigenvalue weighted by Crippen LogP contribution is 2.05. The van der Waals surface area contributed by atoms with E-state index in [0.717, 1.165) is 5.56 Å². The molecule has 0 radical (unpaired) electrons. The molecule has 7 heteroatoms. The minimum atomic E-state index is -1.55. The lowest BCUT2D eigenvalue weighted by Gasteiger charge is -2.17. The first kappa shape index (κ1) is 15.5. The van der Waals surface area contributed by atoms with Gasteiger partial charge in [-0.05, 0) is 12.5 Å². The number of alkyl carbamates (subject to hydrolysis) is 1. The molecule has 7 nitrogen and oxygen atoms in total. The Hall–Kier alpha value is -2.57. The molecule has 1 aromatic carbocycles. The zero-order valence-electron chi connectivity index (χ0n) is 10.8. The van der Waals surface area contributed by atoms with E-state index in [0.29, 0.717) is 0 Å². The molecular formula is C13H15NO6. The second kappa shape index (κ2) is 7.13. The fourth-order valence-electron chi connectivity index (χ4n) is 1.43. The fraction of sp³-hybridized carbons (Fsp3) is 0.308. The van der Waals surface area contributed by atoms with E-state index < -0.39 is 30.0 Å². The molecule has 0 spiro atoms. The molecule has 20 heavy (non-hydrogen) atoms. The minimum absolute atomic E-state index is 0.0273. The first-order valence-electron chi connectivity index (χ1n) is 5.84. The highest BCUT2D eigenvalue weighted by Gasteiger charge is 2.31. The predicted molar refractivity (Wildman–Crippen MR) is 68.0 cm³/mol. The van der Waals surface area contributed by atoms with Gasteiger partial charge in [-0.25, -0.2) is 9.59 Å². The van der Waals surface area contributed by atoms with Gasteiger partial charge in [0.2, 0.25) is 0 Å². The monoisotopic (exact) mass is 281 g/mol. The number of carbonyl (C=O) groups excluding carboxylic acids is 1. The Kier molecular flexibility index (Phi) is 5.52. The number of hydrogen-bond donors (Lipinski definition) is 3. The SMILES string of the molecule is CC(C(=O)O)[C@H](NC(=O)OCc1ccccc1)C(=O)O. The summed E-state index contributed by atoms with van der Waals surface area (Å²) in [6, 6.07) is 7.27. The summed E-state index contributed by atoms with van der Waals surface area (Å²) in [5.74, 6) is -4.02. The van der Waals surface area contributed by atoms with Crippen LogP contribution < -0.4 is 5.32 Å². The summed E-state index contributed by atoms with van der Waals surface area (Å²) in [5.41, 5.74) is 0.737. The van der Waals surface area contributed by atoms with Crippen LogP contribution in [0.4, 0.5) is 4.79 Å². The largest absolute Gasteiger partial charge is 0.481 e. The van der Waals surface area contributed by atoms with E-state index in [1.807, 2.05) is 5.32 Å². The van der Waals surface area contributed by atoms with Crippen LogP contribution in [0.25, 0.3) is 0 Å². The number of carboxylic acid groups (broad SMARTS) is 2. The second-order valence-electron chi connectivity index (χ2n) is 4.15. The first-order chi connectivity index (χ1) is 9.41. The average Bonchev–Trinajstić information content (AvgIpc) is 2.42. The van der Waals surface area contributed by atoms with Crippen LogP contribution in [-0.4, -0.2) is 34.3 Å². The van der Waals surface area contributed by atoms with Crippen molar-refractivity contribution < 1.29 is 29.3 Å². The van der Waals surface area contributed by atoms with Gasteiger partial charge in [0.25, 0.3) is 0 Å². The lowest BCUT2D eigenvalue weighted by Crippen LogP contribution is -2.47. The van der Waals surface area contributed by atoms with Crippen molar-refractivity contribution in [2.75, 3.05) is 0 Å². The van der Waals surface area contributed by atoms with Crippen LogP contribution in [0.3, 0.4) is 0 Å². The molecule has 0 fully saturated rings. The molecule has 2 atom stereocenters. The van der Waals surface area contributed by atoms with Crippen LogP contribution in [-0.2, 0) is 20.9 Å². The van der Waals surface area contributed by atoms with Gasteiger partial charge in [0, 0.05) is 0 Å². The standard InChI is InChI=1S/C13H15NO6/c1-8(11(15)16)10(12(17)18)14-13(19)20-7-9-5-3-2-4-6-9/h2-6,8,10H,7H2,1H3,(H,14,19)(H,15,16)(H,17,18)/t8?,10-/m0/s1.